The molecule has 2 aromatic rings. The van der Waals surface area contributed by atoms with E-state index in [1.165, 1.54) is 0 Å². The maximum absolute atomic E-state index is 12.7. The second-order valence-corrected chi connectivity index (χ2v) is 17.6. The fourth-order valence-corrected chi connectivity index (χ4v) is 5.93. The van der Waals surface area contributed by atoms with E-state index in [0.29, 0.717) is 16.1 Å². The van der Waals surface area contributed by atoms with Gasteiger partial charge in [0.1, 0.15) is 12.2 Å². The fraction of sp³-hybridized carbons (Fsp3) is 0.611. The van der Waals surface area contributed by atoms with Gasteiger partial charge in [0.05, 0.1) is 10.6 Å². The predicted octanol–water partition coefficient (Wildman–Crippen LogP) is 4.93. The molecule has 146 valence electrons. The molecule has 2 rings (SSSR count). The standard InChI is InChI=1S/C18H29BrN2O3SSi/c1-18(2,3)12-25(22,23)15-9-14-11-21(20-17(14)16(19)10-15)13-24-7-8-26(4,5)6/h9-11H,7-8,12-13H2,1-6H3. The van der Waals surface area contributed by atoms with Crippen LogP contribution in [0.3, 0.4) is 0 Å². The molecule has 0 atom stereocenters. The van der Waals surface area contributed by atoms with Crippen molar-refractivity contribution < 1.29 is 13.2 Å². The number of sulfone groups is 1. The van der Waals surface area contributed by atoms with Gasteiger partial charge in [0, 0.05) is 30.7 Å². The van der Waals surface area contributed by atoms with E-state index in [2.05, 4.69) is 40.7 Å². The van der Waals surface area contributed by atoms with Gasteiger partial charge < -0.3 is 4.74 Å². The van der Waals surface area contributed by atoms with Crippen molar-refractivity contribution in [2.75, 3.05) is 12.4 Å². The van der Waals surface area contributed by atoms with Crippen molar-refractivity contribution in [3.8, 4) is 0 Å². The Morgan fingerprint density at radius 1 is 1.23 bits per heavy atom. The Labute approximate surface area is 166 Å². The molecular formula is C18H29BrN2O3SSi. The van der Waals surface area contributed by atoms with Gasteiger partial charge in [-0.15, -0.1) is 0 Å². The maximum Gasteiger partial charge on any atom is 0.178 e. The van der Waals surface area contributed by atoms with Crippen LogP contribution in [0.5, 0.6) is 0 Å². The summed E-state index contributed by atoms with van der Waals surface area (Å²) in [4.78, 5) is 0.325. The monoisotopic (exact) mass is 460 g/mol. The molecule has 1 heterocycles. The van der Waals surface area contributed by atoms with Gasteiger partial charge in [-0.05, 0) is 39.5 Å². The average molecular weight is 461 g/mol. The summed E-state index contributed by atoms with van der Waals surface area (Å²) < 4.78 is 33.5. The second kappa shape index (κ2) is 7.73. The van der Waals surface area contributed by atoms with Crippen LogP contribution >= 0.6 is 15.9 Å². The Morgan fingerprint density at radius 3 is 2.46 bits per heavy atom. The molecule has 0 amide bonds. The first-order valence-electron chi connectivity index (χ1n) is 8.74. The van der Waals surface area contributed by atoms with Crippen molar-refractivity contribution in [2.24, 2.45) is 5.41 Å². The minimum atomic E-state index is -3.35. The summed E-state index contributed by atoms with van der Waals surface area (Å²) in [5.74, 6) is 0.103. The van der Waals surface area contributed by atoms with Gasteiger partial charge in [-0.1, -0.05) is 40.4 Å². The van der Waals surface area contributed by atoms with Gasteiger partial charge in [-0.3, -0.25) is 0 Å². The number of rotatable bonds is 7. The highest BCUT2D eigenvalue weighted by Crippen LogP contribution is 2.29. The van der Waals surface area contributed by atoms with Crippen LogP contribution in [0.15, 0.2) is 27.7 Å². The number of fused-ring (bicyclic) bond motifs is 1. The SMILES string of the molecule is CC(C)(C)CS(=O)(=O)c1cc(Br)c2nn(COCC[Si](C)(C)C)cc2c1. The lowest BCUT2D eigenvalue weighted by atomic mass is 10.0. The zero-order valence-corrected chi connectivity index (χ0v) is 19.9. The minimum Gasteiger partial charge on any atom is -0.360 e. The summed E-state index contributed by atoms with van der Waals surface area (Å²) in [6.45, 7) is 13.8. The highest BCUT2D eigenvalue weighted by Gasteiger charge is 2.25. The van der Waals surface area contributed by atoms with Crippen LogP contribution in [0.2, 0.25) is 25.7 Å². The Hall–Kier alpha value is -0.703. The molecule has 0 bridgehead atoms. The molecule has 0 spiro atoms. The van der Waals surface area contributed by atoms with Crippen LogP contribution < -0.4 is 0 Å². The third-order valence-electron chi connectivity index (χ3n) is 3.79. The number of hydrogen-bond donors (Lipinski definition) is 0. The Balaban J connectivity index is 2.21. The fourth-order valence-electron chi connectivity index (χ4n) is 2.55. The third-order valence-corrected chi connectivity index (χ3v) is 8.29. The molecule has 0 fully saturated rings. The Bertz CT molecular complexity index is 880. The van der Waals surface area contributed by atoms with Crippen molar-refractivity contribution in [2.45, 2.75) is 58.1 Å². The lowest BCUT2D eigenvalue weighted by Crippen LogP contribution is -2.22. The molecule has 8 heteroatoms. The van der Waals surface area contributed by atoms with E-state index in [-0.39, 0.29) is 11.2 Å². The van der Waals surface area contributed by atoms with Gasteiger partial charge >= 0.3 is 0 Å². The van der Waals surface area contributed by atoms with Gasteiger partial charge in [0.2, 0.25) is 0 Å². The summed E-state index contributed by atoms with van der Waals surface area (Å²) in [7, 11) is -4.47. The molecule has 0 saturated carbocycles. The summed E-state index contributed by atoms with van der Waals surface area (Å²) in [5, 5.41) is 5.30. The highest BCUT2D eigenvalue weighted by atomic mass is 79.9. The first kappa shape index (κ1) is 21.6. The number of halogens is 1. The van der Waals surface area contributed by atoms with Gasteiger partial charge in [0.15, 0.2) is 9.84 Å². The van der Waals surface area contributed by atoms with Crippen molar-refractivity contribution >= 4 is 44.7 Å². The van der Waals surface area contributed by atoms with Crippen molar-refractivity contribution in [3.63, 3.8) is 0 Å². The number of ether oxygens (including phenoxy) is 1. The van der Waals surface area contributed by atoms with Crippen molar-refractivity contribution in [1.29, 1.82) is 0 Å². The summed E-state index contributed by atoms with van der Waals surface area (Å²) >= 11 is 3.47. The topological polar surface area (TPSA) is 61.2 Å². The largest absolute Gasteiger partial charge is 0.360 e. The van der Waals surface area contributed by atoms with E-state index in [1.54, 1.807) is 16.8 Å². The molecule has 26 heavy (non-hydrogen) atoms. The Kier molecular flexibility index (Phi) is 6.42. The average Bonchev–Trinajstić information content (AvgIpc) is 2.83. The number of benzene rings is 1. The quantitative estimate of drug-likeness (QED) is 0.433. The van der Waals surface area contributed by atoms with Gasteiger partial charge in [-0.2, -0.15) is 5.10 Å². The van der Waals surface area contributed by atoms with E-state index < -0.39 is 17.9 Å². The summed E-state index contributed by atoms with van der Waals surface area (Å²) in [6, 6.07) is 4.45. The summed E-state index contributed by atoms with van der Waals surface area (Å²) in [6.07, 6.45) is 1.84. The zero-order valence-electron chi connectivity index (χ0n) is 16.5. The highest BCUT2D eigenvalue weighted by molar-refractivity contribution is 9.10. The molecule has 0 N–H and O–H groups in total. The lowest BCUT2D eigenvalue weighted by Gasteiger charge is -2.18. The summed E-state index contributed by atoms with van der Waals surface area (Å²) in [5.41, 5.74) is 0.447. The van der Waals surface area contributed by atoms with Crippen LogP contribution in [-0.4, -0.2) is 38.6 Å². The minimum absolute atomic E-state index is 0.103. The first-order chi connectivity index (χ1) is 11.8. The van der Waals surface area contributed by atoms with E-state index >= 15 is 0 Å². The molecule has 0 unspecified atom stereocenters. The molecule has 0 saturated heterocycles. The first-order valence-corrected chi connectivity index (χ1v) is 14.9. The molecule has 0 aliphatic carbocycles. The van der Waals surface area contributed by atoms with Crippen LogP contribution in [0, 0.1) is 5.41 Å². The predicted molar refractivity (Wildman–Crippen MR) is 113 cm³/mol. The third kappa shape index (κ3) is 6.18. The molecule has 0 radical (unpaired) electrons. The molecule has 0 aliphatic heterocycles. The second-order valence-electron chi connectivity index (χ2n) is 9.18. The number of nitrogens with zero attached hydrogens (tertiary/aromatic N) is 2. The number of aromatic nitrogens is 2. The molecule has 1 aromatic heterocycles. The number of hydrogen-bond acceptors (Lipinski definition) is 4. The Morgan fingerprint density at radius 2 is 1.88 bits per heavy atom. The van der Waals surface area contributed by atoms with E-state index in [4.69, 9.17) is 4.74 Å². The normalized spacial score (nSPS) is 13.5. The van der Waals surface area contributed by atoms with E-state index in [0.717, 1.165) is 23.6 Å². The molecule has 1 aromatic carbocycles. The van der Waals surface area contributed by atoms with Crippen molar-refractivity contribution in [3.05, 3.63) is 22.8 Å². The van der Waals surface area contributed by atoms with Crippen molar-refractivity contribution in [1.82, 2.24) is 9.78 Å². The van der Waals surface area contributed by atoms with Crippen LogP contribution in [-0.2, 0) is 21.3 Å². The maximum atomic E-state index is 12.7. The smallest absolute Gasteiger partial charge is 0.178 e. The lowest BCUT2D eigenvalue weighted by molar-refractivity contribution is 0.0791. The van der Waals surface area contributed by atoms with Crippen LogP contribution in [0.25, 0.3) is 10.9 Å². The zero-order chi connectivity index (χ0) is 19.8. The van der Waals surface area contributed by atoms with Gasteiger partial charge in [-0.25, -0.2) is 13.1 Å². The van der Waals surface area contributed by atoms with Gasteiger partial charge in [0.25, 0.3) is 0 Å². The molecule has 0 aliphatic rings. The van der Waals surface area contributed by atoms with Crippen LogP contribution in [0.1, 0.15) is 20.8 Å². The molecule has 5 nitrogen and oxygen atoms in total. The van der Waals surface area contributed by atoms with E-state index in [1.807, 2.05) is 27.0 Å². The van der Waals surface area contributed by atoms with E-state index in [9.17, 15) is 8.42 Å². The molecular weight excluding hydrogens is 432 g/mol. The van der Waals surface area contributed by atoms with Crippen LogP contribution in [0.4, 0.5) is 0 Å².